The Morgan fingerprint density at radius 1 is 1.28 bits per heavy atom. The SMILES string of the molecule is CNC(Cc1ccc(Br)cn1)c1ccccc1I. The highest BCUT2D eigenvalue weighted by Crippen LogP contribution is 2.22. The molecule has 0 aliphatic carbocycles. The average molecular weight is 417 g/mol. The molecule has 0 fully saturated rings. The zero-order chi connectivity index (χ0) is 13.0. The van der Waals surface area contributed by atoms with E-state index in [-0.39, 0.29) is 0 Å². The largest absolute Gasteiger partial charge is 0.313 e. The highest BCUT2D eigenvalue weighted by atomic mass is 127. The summed E-state index contributed by atoms with van der Waals surface area (Å²) >= 11 is 5.79. The Morgan fingerprint density at radius 3 is 2.67 bits per heavy atom. The molecule has 1 aromatic carbocycles. The van der Waals surface area contributed by atoms with Crippen molar-refractivity contribution in [3.63, 3.8) is 0 Å². The molecule has 0 aliphatic heterocycles. The fourth-order valence-electron chi connectivity index (χ4n) is 1.86. The van der Waals surface area contributed by atoms with Gasteiger partial charge in [-0.15, -0.1) is 0 Å². The van der Waals surface area contributed by atoms with Crippen molar-refractivity contribution in [1.29, 1.82) is 0 Å². The van der Waals surface area contributed by atoms with Gasteiger partial charge in [-0.2, -0.15) is 0 Å². The van der Waals surface area contributed by atoms with Crippen LogP contribution in [0.1, 0.15) is 17.3 Å². The highest BCUT2D eigenvalue weighted by Gasteiger charge is 2.13. The standard InChI is InChI=1S/C14H14BrIN2/c1-17-14(12-4-2-3-5-13(12)16)8-11-7-6-10(15)9-18-11/h2-7,9,14,17H,8H2,1H3. The summed E-state index contributed by atoms with van der Waals surface area (Å²) in [7, 11) is 1.99. The lowest BCUT2D eigenvalue weighted by atomic mass is 10.0. The van der Waals surface area contributed by atoms with E-state index < -0.39 is 0 Å². The lowest BCUT2D eigenvalue weighted by Crippen LogP contribution is -2.20. The first-order chi connectivity index (χ1) is 8.70. The van der Waals surface area contributed by atoms with Crippen molar-refractivity contribution >= 4 is 38.5 Å². The third kappa shape index (κ3) is 3.52. The van der Waals surface area contributed by atoms with Crippen molar-refractivity contribution in [3.05, 3.63) is 61.9 Å². The monoisotopic (exact) mass is 416 g/mol. The number of hydrogen-bond donors (Lipinski definition) is 1. The van der Waals surface area contributed by atoms with E-state index in [4.69, 9.17) is 0 Å². The van der Waals surface area contributed by atoms with Crippen molar-refractivity contribution in [2.75, 3.05) is 7.05 Å². The lowest BCUT2D eigenvalue weighted by molar-refractivity contribution is 0.582. The normalized spacial score (nSPS) is 12.4. The molecule has 4 heteroatoms. The Balaban J connectivity index is 2.20. The van der Waals surface area contributed by atoms with E-state index in [0.717, 1.165) is 16.6 Å². The molecule has 1 heterocycles. The van der Waals surface area contributed by atoms with Crippen LogP contribution in [0.15, 0.2) is 47.1 Å². The van der Waals surface area contributed by atoms with E-state index in [9.17, 15) is 0 Å². The van der Waals surface area contributed by atoms with Crippen LogP contribution in [-0.4, -0.2) is 12.0 Å². The summed E-state index contributed by atoms with van der Waals surface area (Å²) in [6.07, 6.45) is 2.74. The lowest BCUT2D eigenvalue weighted by Gasteiger charge is -2.17. The summed E-state index contributed by atoms with van der Waals surface area (Å²) in [6, 6.07) is 12.8. The van der Waals surface area contributed by atoms with Gasteiger partial charge >= 0.3 is 0 Å². The van der Waals surface area contributed by atoms with E-state index in [1.54, 1.807) is 0 Å². The molecule has 0 aliphatic rings. The Hall–Kier alpha value is -0.460. The Morgan fingerprint density at radius 2 is 2.06 bits per heavy atom. The van der Waals surface area contributed by atoms with Crippen LogP contribution in [0.25, 0.3) is 0 Å². The second-order valence-electron chi connectivity index (χ2n) is 4.03. The van der Waals surface area contributed by atoms with Gasteiger partial charge in [0.15, 0.2) is 0 Å². The molecular weight excluding hydrogens is 403 g/mol. The number of benzene rings is 1. The number of rotatable bonds is 4. The van der Waals surface area contributed by atoms with Crippen molar-refractivity contribution in [2.45, 2.75) is 12.5 Å². The zero-order valence-electron chi connectivity index (χ0n) is 10.0. The van der Waals surface area contributed by atoms with Gasteiger partial charge in [-0.25, -0.2) is 0 Å². The van der Waals surface area contributed by atoms with Crippen molar-refractivity contribution in [2.24, 2.45) is 0 Å². The van der Waals surface area contributed by atoms with Gasteiger partial charge in [0.2, 0.25) is 0 Å². The highest BCUT2D eigenvalue weighted by molar-refractivity contribution is 14.1. The van der Waals surface area contributed by atoms with Crippen LogP contribution < -0.4 is 5.32 Å². The Kier molecular flexibility index (Phi) is 5.14. The van der Waals surface area contributed by atoms with Crippen LogP contribution in [0, 0.1) is 3.57 Å². The Labute approximate surface area is 129 Å². The fraction of sp³-hybridized carbons (Fsp3) is 0.214. The number of aromatic nitrogens is 1. The van der Waals surface area contributed by atoms with Gasteiger partial charge in [0.05, 0.1) is 0 Å². The smallest absolute Gasteiger partial charge is 0.0423 e. The first-order valence-corrected chi connectivity index (χ1v) is 7.60. The number of nitrogens with zero attached hydrogens (tertiary/aromatic N) is 1. The van der Waals surface area contributed by atoms with Gasteiger partial charge in [0.1, 0.15) is 0 Å². The molecule has 2 aromatic rings. The van der Waals surface area contributed by atoms with Crippen LogP contribution in [0.2, 0.25) is 0 Å². The maximum Gasteiger partial charge on any atom is 0.0423 e. The summed E-state index contributed by atoms with van der Waals surface area (Å²) in [5, 5.41) is 3.37. The van der Waals surface area contributed by atoms with Crippen LogP contribution in [0.3, 0.4) is 0 Å². The van der Waals surface area contributed by atoms with E-state index in [2.05, 4.69) is 79.2 Å². The van der Waals surface area contributed by atoms with Gasteiger partial charge in [0.25, 0.3) is 0 Å². The van der Waals surface area contributed by atoms with Gasteiger partial charge in [-0.3, -0.25) is 4.98 Å². The van der Waals surface area contributed by atoms with Crippen molar-refractivity contribution in [3.8, 4) is 0 Å². The predicted octanol–water partition coefficient (Wildman–Crippen LogP) is 3.95. The topological polar surface area (TPSA) is 24.9 Å². The molecule has 1 N–H and O–H groups in total. The number of hydrogen-bond acceptors (Lipinski definition) is 2. The van der Waals surface area contributed by atoms with Gasteiger partial charge in [-0.1, -0.05) is 18.2 Å². The molecule has 0 radical (unpaired) electrons. The van der Waals surface area contributed by atoms with Gasteiger partial charge < -0.3 is 5.32 Å². The fourth-order valence-corrected chi connectivity index (χ4v) is 2.86. The summed E-state index contributed by atoms with van der Waals surface area (Å²) < 4.78 is 2.30. The van der Waals surface area contributed by atoms with E-state index in [0.29, 0.717) is 6.04 Å². The Bertz CT molecular complexity index is 513. The van der Waals surface area contributed by atoms with Crippen LogP contribution in [-0.2, 0) is 6.42 Å². The third-order valence-electron chi connectivity index (χ3n) is 2.83. The minimum Gasteiger partial charge on any atom is -0.313 e. The molecular formula is C14H14BrIN2. The summed E-state index contributed by atoms with van der Waals surface area (Å²) in [5.74, 6) is 0. The quantitative estimate of drug-likeness (QED) is 0.763. The molecule has 94 valence electrons. The molecule has 0 bridgehead atoms. The molecule has 1 aromatic heterocycles. The number of nitrogens with one attached hydrogen (secondary N) is 1. The molecule has 0 saturated carbocycles. The molecule has 0 amide bonds. The zero-order valence-corrected chi connectivity index (χ0v) is 13.8. The van der Waals surface area contributed by atoms with Crippen LogP contribution in [0.4, 0.5) is 0 Å². The van der Waals surface area contributed by atoms with Crippen LogP contribution >= 0.6 is 38.5 Å². The first-order valence-electron chi connectivity index (χ1n) is 5.73. The van der Waals surface area contributed by atoms with E-state index in [1.165, 1.54) is 9.13 Å². The molecule has 18 heavy (non-hydrogen) atoms. The van der Waals surface area contributed by atoms with Crippen molar-refractivity contribution in [1.82, 2.24) is 10.3 Å². The maximum absolute atomic E-state index is 4.43. The van der Waals surface area contributed by atoms with Crippen LogP contribution in [0.5, 0.6) is 0 Å². The molecule has 2 rings (SSSR count). The summed E-state index contributed by atoms with van der Waals surface area (Å²) in [4.78, 5) is 4.43. The third-order valence-corrected chi connectivity index (χ3v) is 4.28. The maximum atomic E-state index is 4.43. The summed E-state index contributed by atoms with van der Waals surface area (Å²) in [5.41, 5.74) is 2.42. The number of halogens is 2. The molecule has 0 saturated heterocycles. The molecule has 2 nitrogen and oxygen atoms in total. The minimum atomic E-state index is 0.298. The first kappa shape index (κ1) is 14.0. The second kappa shape index (κ2) is 6.63. The summed E-state index contributed by atoms with van der Waals surface area (Å²) in [6.45, 7) is 0. The predicted molar refractivity (Wildman–Crippen MR) is 86.6 cm³/mol. The molecule has 0 spiro atoms. The molecule has 1 unspecified atom stereocenters. The second-order valence-corrected chi connectivity index (χ2v) is 6.11. The number of pyridine rings is 1. The number of likely N-dealkylation sites (N-methyl/N-ethyl adjacent to an activating group) is 1. The van der Waals surface area contributed by atoms with Gasteiger partial charge in [0, 0.05) is 32.4 Å². The van der Waals surface area contributed by atoms with Crippen molar-refractivity contribution < 1.29 is 0 Å². The van der Waals surface area contributed by atoms with E-state index in [1.807, 2.05) is 19.3 Å². The average Bonchev–Trinajstić information content (AvgIpc) is 2.39. The van der Waals surface area contributed by atoms with E-state index >= 15 is 0 Å². The van der Waals surface area contributed by atoms with Gasteiger partial charge in [-0.05, 0) is 69.3 Å². The minimum absolute atomic E-state index is 0.298. The molecule has 1 atom stereocenters.